The number of fused-ring (bicyclic) bond motifs is 1. The fourth-order valence-corrected chi connectivity index (χ4v) is 3.68. The first-order valence-electron chi connectivity index (χ1n) is 7.53. The first kappa shape index (κ1) is 17.7. The lowest BCUT2D eigenvalue weighted by molar-refractivity contribution is -0.137. The molecule has 1 heterocycles. The first-order valence-corrected chi connectivity index (χ1v) is 8.71. The van der Waals surface area contributed by atoms with Crippen LogP contribution in [-0.2, 0) is 17.1 Å². The number of aliphatic hydroxyl groups excluding tert-OH is 1. The Morgan fingerprint density at radius 3 is 2.48 bits per heavy atom. The summed E-state index contributed by atoms with van der Waals surface area (Å²) in [4.78, 5) is 3.73. The second-order valence-corrected chi connectivity index (χ2v) is 6.75. The van der Waals surface area contributed by atoms with Crippen molar-refractivity contribution in [3.05, 3.63) is 60.3 Å². The number of hydrogen-bond donors (Lipinski definition) is 3. The largest absolute Gasteiger partial charge is 0.416 e. The molecule has 3 N–H and O–H groups in total. The molecule has 132 valence electrons. The Morgan fingerprint density at radius 2 is 1.80 bits per heavy atom. The van der Waals surface area contributed by atoms with Gasteiger partial charge in [-0.25, -0.2) is 9.08 Å². The Labute approximate surface area is 144 Å². The van der Waals surface area contributed by atoms with E-state index in [4.69, 9.17) is 5.11 Å². The fraction of sp³-hybridized carbons (Fsp3) is 0.176. The van der Waals surface area contributed by atoms with Crippen molar-refractivity contribution in [1.29, 1.82) is 0 Å². The van der Waals surface area contributed by atoms with Crippen molar-refractivity contribution in [3.63, 3.8) is 0 Å². The number of aromatic nitrogens is 1. The van der Waals surface area contributed by atoms with Gasteiger partial charge in [0.1, 0.15) is 0 Å². The topological polar surface area (TPSA) is 60.4 Å². The lowest BCUT2D eigenvalue weighted by Gasteiger charge is -2.11. The number of para-hydroxylation sites is 1. The van der Waals surface area contributed by atoms with Gasteiger partial charge < -0.3 is 10.1 Å². The number of aliphatic hydroxyl groups is 1. The summed E-state index contributed by atoms with van der Waals surface area (Å²) in [7, 11) is -0.881. The molecule has 0 spiro atoms. The van der Waals surface area contributed by atoms with E-state index < -0.39 is 22.6 Å². The van der Waals surface area contributed by atoms with Crippen LogP contribution < -0.4 is 4.72 Å². The number of alkyl halides is 3. The van der Waals surface area contributed by atoms with Gasteiger partial charge in [0.05, 0.1) is 17.9 Å². The molecule has 4 nitrogen and oxygen atoms in total. The summed E-state index contributed by atoms with van der Waals surface area (Å²) in [6.45, 7) is 0.198. The molecule has 8 heteroatoms. The van der Waals surface area contributed by atoms with Crippen LogP contribution in [0.3, 0.4) is 0 Å². The number of halogens is 3. The van der Waals surface area contributed by atoms with E-state index in [9.17, 15) is 13.2 Å². The molecular weight excluding hydrogens is 351 g/mol. The molecule has 0 saturated heterocycles. The predicted octanol–water partition coefficient (Wildman–Crippen LogP) is 4.18. The van der Waals surface area contributed by atoms with Gasteiger partial charge in [0.2, 0.25) is 0 Å². The summed E-state index contributed by atoms with van der Waals surface area (Å²) in [5.74, 6) is 0. The molecule has 0 fully saturated rings. The maximum atomic E-state index is 12.7. The third-order valence-corrected chi connectivity index (χ3v) is 5.09. The van der Waals surface area contributed by atoms with E-state index in [0.29, 0.717) is 10.6 Å². The van der Waals surface area contributed by atoms with Crippen LogP contribution >= 0.6 is 0 Å². The molecule has 0 bridgehead atoms. The molecule has 1 atom stereocenters. The maximum Gasteiger partial charge on any atom is 0.416 e. The van der Waals surface area contributed by atoms with Gasteiger partial charge >= 0.3 is 6.18 Å². The summed E-state index contributed by atoms with van der Waals surface area (Å²) in [6.07, 6.45) is -2.61. The van der Waals surface area contributed by atoms with Gasteiger partial charge in [0.15, 0.2) is 0 Å². The van der Waals surface area contributed by atoms with E-state index in [1.807, 2.05) is 24.3 Å². The van der Waals surface area contributed by atoms with Crippen molar-refractivity contribution < 1.29 is 18.3 Å². The van der Waals surface area contributed by atoms with Gasteiger partial charge in [0, 0.05) is 39.4 Å². The number of aromatic amines is 1. The maximum absolute atomic E-state index is 12.7. The van der Waals surface area contributed by atoms with Gasteiger partial charge in [-0.2, -0.15) is 13.2 Å². The summed E-state index contributed by atoms with van der Waals surface area (Å²) >= 11 is 0. The summed E-state index contributed by atoms with van der Waals surface area (Å²) in [6, 6.07) is 12.6. The second kappa shape index (κ2) is 7.38. The molecule has 1 unspecified atom stereocenters. The molecule has 3 rings (SSSR count). The van der Waals surface area contributed by atoms with Crippen LogP contribution in [0.4, 0.5) is 18.9 Å². The van der Waals surface area contributed by atoms with Gasteiger partial charge in [-0.15, -0.1) is 0 Å². The van der Waals surface area contributed by atoms with Crippen molar-refractivity contribution in [1.82, 2.24) is 9.71 Å². The first-order chi connectivity index (χ1) is 12.0. The third kappa shape index (κ3) is 4.09. The van der Waals surface area contributed by atoms with Crippen molar-refractivity contribution in [2.75, 3.05) is 13.2 Å². The molecule has 0 aliphatic heterocycles. The summed E-state index contributed by atoms with van der Waals surface area (Å²) in [5, 5.41) is 9.98. The normalized spacial score (nSPS) is 13.4. The molecule has 25 heavy (non-hydrogen) atoms. The number of rotatable bonds is 5. The number of hydrogen-bond acceptors (Lipinski definition) is 2. The zero-order valence-corrected chi connectivity index (χ0v) is 13.9. The Hall–Kier alpha value is -2.16. The number of nitrogens with zero attached hydrogens (tertiary/aromatic N) is 1. The molecule has 0 radical (unpaired) electrons. The van der Waals surface area contributed by atoms with Gasteiger partial charge in [0.25, 0.3) is 0 Å². The van der Waals surface area contributed by atoms with E-state index in [1.165, 1.54) is 12.1 Å². The minimum absolute atomic E-state index is 0.0897. The highest BCUT2D eigenvalue weighted by atomic mass is 32.2. The van der Waals surface area contributed by atoms with Crippen LogP contribution in [0.5, 0.6) is 0 Å². The molecule has 0 amide bonds. The lowest BCUT2D eigenvalue weighted by atomic mass is 10.2. The second-order valence-electron chi connectivity index (χ2n) is 5.24. The minimum Gasteiger partial charge on any atom is -0.395 e. The van der Waals surface area contributed by atoms with E-state index in [0.717, 1.165) is 23.0 Å². The van der Waals surface area contributed by atoms with Crippen LogP contribution in [0, 0.1) is 0 Å². The molecule has 3 aromatic rings. The van der Waals surface area contributed by atoms with Crippen LogP contribution in [0.15, 0.2) is 64.0 Å². The van der Waals surface area contributed by atoms with Crippen LogP contribution in [0.1, 0.15) is 5.56 Å². The monoisotopic (exact) mass is 367 g/mol. The van der Waals surface area contributed by atoms with Crippen LogP contribution in [-0.4, -0.2) is 23.2 Å². The van der Waals surface area contributed by atoms with E-state index in [1.54, 1.807) is 6.20 Å². The number of H-pyrrole nitrogens is 1. The van der Waals surface area contributed by atoms with Gasteiger partial charge in [-0.05, 0) is 30.3 Å². The van der Waals surface area contributed by atoms with Gasteiger partial charge in [-0.1, -0.05) is 18.2 Å². The molecule has 0 aliphatic carbocycles. The average Bonchev–Trinajstić information content (AvgIpc) is 3.01. The molecular formula is C17H16F3N3OS. The molecule has 2 aromatic carbocycles. The zero-order valence-electron chi connectivity index (χ0n) is 13.0. The minimum atomic E-state index is -4.37. The Kier molecular flexibility index (Phi) is 5.22. The quantitative estimate of drug-likeness (QED) is 0.634. The summed E-state index contributed by atoms with van der Waals surface area (Å²) in [5.41, 5.74) is 0.942. The fourth-order valence-electron chi connectivity index (χ4n) is 2.31. The van der Waals surface area contributed by atoms with Crippen molar-refractivity contribution in [3.8, 4) is 0 Å². The van der Waals surface area contributed by atoms with E-state index in [-0.39, 0.29) is 13.2 Å². The predicted molar refractivity (Wildman–Crippen MR) is 92.6 cm³/mol. The van der Waals surface area contributed by atoms with Crippen LogP contribution in [0.25, 0.3) is 10.9 Å². The van der Waals surface area contributed by atoms with Gasteiger partial charge in [-0.3, -0.25) is 0 Å². The number of benzene rings is 2. The Bertz CT molecular complexity index is 888. The molecule has 1 aromatic heterocycles. The van der Waals surface area contributed by atoms with Crippen molar-refractivity contribution in [2.24, 2.45) is 4.36 Å². The summed E-state index contributed by atoms with van der Waals surface area (Å²) < 4.78 is 45.9. The molecule has 0 saturated carbocycles. The highest BCUT2D eigenvalue weighted by Crippen LogP contribution is 2.30. The van der Waals surface area contributed by atoms with Crippen molar-refractivity contribution >= 4 is 27.5 Å². The standard InChI is InChI=1S/C17H16F3N3OS/c18-17(19,20)12-5-7-13(8-6-12)25(22-9-10-24)23-16-11-21-15-4-2-1-3-14(15)16/h1-8,11,21,24H,9-10H2,(H,22,23). The smallest absolute Gasteiger partial charge is 0.395 e. The highest BCUT2D eigenvalue weighted by Gasteiger charge is 2.30. The van der Waals surface area contributed by atoms with E-state index in [2.05, 4.69) is 14.1 Å². The number of nitrogens with one attached hydrogen (secondary N) is 2. The highest BCUT2D eigenvalue weighted by molar-refractivity contribution is 7.85. The lowest BCUT2D eigenvalue weighted by Crippen LogP contribution is -2.21. The van der Waals surface area contributed by atoms with E-state index >= 15 is 0 Å². The Balaban J connectivity index is 1.99. The van der Waals surface area contributed by atoms with Crippen LogP contribution in [0.2, 0.25) is 0 Å². The average molecular weight is 367 g/mol. The zero-order chi connectivity index (χ0) is 17.9. The molecule has 0 aliphatic rings. The SMILES string of the molecule is OCCNS(=Nc1c[nH]c2ccccc12)c1ccc(C(F)(F)F)cc1. The Morgan fingerprint density at radius 1 is 1.08 bits per heavy atom. The van der Waals surface area contributed by atoms with Crippen molar-refractivity contribution in [2.45, 2.75) is 11.1 Å². The third-order valence-electron chi connectivity index (χ3n) is 3.51.